The van der Waals surface area contributed by atoms with E-state index in [0.29, 0.717) is 4.57 Å². The number of hydrogen-bond acceptors (Lipinski definition) is 8. The highest BCUT2D eigenvalue weighted by Gasteiger charge is 2.42. The van der Waals surface area contributed by atoms with Gasteiger partial charge in [0.15, 0.2) is 5.76 Å². The molecule has 1 aliphatic heterocycles. The van der Waals surface area contributed by atoms with E-state index in [1.54, 1.807) is 20.8 Å². The lowest BCUT2D eigenvalue weighted by Gasteiger charge is -2.22. The van der Waals surface area contributed by atoms with Crippen LogP contribution in [-0.4, -0.2) is 46.4 Å². The molecular formula is C23H23F3N2O8. The van der Waals surface area contributed by atoms with Crippen LogP contribution in [-0.2, 0) is 25.2 Å². The Labute approximate surface area is 202 Å². The van der Waals surface area contributed by atoms with Gasteiger partial charge < -0.3 is 18.6 Å². The molecule has 13 heteroatoms. The Morgan fingerprint density at radius 1 is 1.25 bits per heavy atom. The van der Waals surface area contributed by atoms with E-state index in [9.17, 15) is 32.3 Å². The number of aromatic nitrogens is 2. The normalized spacial score (nSPS) is 20.2. The van der Waals surface area contributed by atoms with Crippen LogP contribution >= 0.6 is 0 Å². The molecule has 36 heavy (non-hydrogen) atoms. The fourth-order valence-electron chi connectivity index (χ4n) is 3.39. The topological polar surface area (TPSA) is 119 Å². The van der Waals surface area contributed by atoms with Gasteiger partial charge in [0.2, 0.25) is 0 Å². The number of nitrogens with zero attached hydrogens (tertiary/aromatic N) is 2. The molecule has 3 atom stereocenters. The predicted octanol–water partition coefficient (Wildman–Crippen LogP) is 2.21. The van der Waals surface area contributed by atoms with Crippen molar-refractivity contribution in [3.8, 4) is 12.3 Å². The summed E-state index contributed by atoms with van der Waals surface area (Å²) in [5, 5.41) is 0. The van der Waals surface area contributed by atoms with Crippen molar-refractivity contribution in [2.45, 2.75) is 51.8 Å². The van der Waals surface area contributed by atoms with Gasteiger partial charge in [-0.3, -0.25) is 19.0 Å². The smallest absolute Gasteiger partial charge is 0.423 e. The van der Waals surface area contributed by atoms with Gasteiger partial charge in [0.1, 0.15) is 31.1 Å². The Kier molecular flexibility index (Phi) is 7.61. The average Bonchev–Trinajstić information content (AvgIpc) is 3.44. The number of furan rings is 1. The van der Waals surface area contributed by atoms with Gasteiger partial charge in [-0.2, -0.15) is 17.7 Å². The van der Waals surface area contributed by atoms with Crippen LogP contribution in [0.3, 0.4) is 0 Å². The van der Waals surface area contributed by atoms with Crippen LogP contribution in [0.4, 0.5) is 13.2 Å². The fraction of sp³-hybridized carbons (Fsp3) is 0.478. The maximum absolute atomic E-state index is 13.7. The zero-order chi connectivity index (χ0) is 26.8. The second kappa shape index (κ2) is 10.2. The van der Waals surface area contributed by atoms with Crippen molar-refractivity contribution in [2.75, 3.05) is 13.2 Å². The van der Waals surface area contributed by atoms with E-state index in [-0.39, 0.29) is 30.4 Å². The van der Waals surface area contributed by atoms with Crippen LogP contribution in [0.1, 0.15) is 49.5 Å². The Morgan fingerprint density at radius 3 is 2.50 bits per heavy atom. The van der Waals surface area contributed by atoms with Crippen LogP contribution in [0.5, 0.6) is 0 Å². The first-order valence-corrected chi connectivity index (χ1v) is 10.7. The first kappa shape index (κ1) is 27.0. The summed E-state index contributed by atoms with van der Waals surface area (Å²) in [4.78, 5) is 50.4. The maximum Gasteiger partial charge on any atom is 0.423 e. The van der Waals surface area contributed by atoms with Crippen molar-refractivity contribution in [2.24, 2.45) is 5.41 Å². The third-order valence-corrected chi connectivity index (χ3v) is 5.22. The Bertz CT molecular complexity index is 1280. The minimum atomic E-state index is -5.20. The maximum atomic E-state index is 13.7. The molecule has 0 aromatic carbocycles. The molecule has 0 unspecified atom stereocenters. The van der Waals surface area contributed by atoms with E-state index >= 15 is 0 Å². The minimum Gasteiger partial charge on any atom is -0.462 e. The summed E-state index contributed by atoms with van der Waals surface area (Å²) in [5.74, 6) is -0.231. The molecular weight excluding hydrogens is 489 g/mol. The third kappa shape index (κ3) is 5.60. The minimum absolute atomic E-state index is 0.171. The van der Waals surface area contributed by atoms with Gasteiger partial charge >= 0.3 is 23.7 Å². The highest BCUT2D eigenvalue weighted by atomic mass is 19.4. The van der Waals surface area contributed by atoms with E-state index in [1.807, 2.05) is 0 Å². The zero-order valence-electron chi connectivity index (χ0n) is 19.5. The molecule has 2 aromatic rings. The summed E-state index contributed by atoms with van der Waals surface area (Å²) >= 11 is 0. The molecule has 0 radical (unpaired) electrons. The molecule has 0 amide bonds. The molecule has 10 nitrogen and oxygen atoms in total. The van der Waals surface area contributed by atoms with Gasteiger partial charge in [0, 0.05) is 12.6 Å². The molecule has 0 aliphatic carbocycles. The number of rotatable bonds is 6. The second-order valence-corrected chi connectivity index (χ2v) is 8.92. The number of alkyl halides is 3. The van der Waals surface area contributed by atoms with Crippen LogP contribution in [0.25, 0.3) is 0 Å². The lowest BCUT2D eigenvalue weighted by Crippen LogP contribution is -2.47. The number of esters is 1. The summed E-state index contributed by atoms with van der Waals surface area (Å²) in [6.45, 7) is 4.34. The highest BCUT2D eigenvalue weighted by molar-refractivity contribution is 5.93. The molecule has 0 saturated carbocycles. The molecule has 0 spiro atoms. The molecule has 1 fully saturated rings. The summed E-state index contributed by atoms with van der Waals surface area (Å²) in [7, 11) is 0. The Morgan fingerprint density at radius 2 is 1.94 bits per heavy atom. The van der Waals surface area contributed by atoms with Gasteiger partial charge in [-0.05, 0) is 32.9 Å². The molecule has 194 valence electrons. The monoisotopic (exact) mass is 512 g/mol. The number of carbonyl (C=O) groups is 2. The van der Waals surface area contributed by atoms with Gasteiger partial charge in [0.05, 0.1) is 17.8 Å². The van der Waals surface area contributed by atoms with Crippen molar-refractivity contribution in [3.63, 3.8) is 0 Å². The average molecular weight is 512 g/mol. The van der Waals surface area contributed by atoms with E-state index in [1.165, 1.54) is 6.07 Å². The number of terminal acetylenes is 1. The van der Waals surface area contributed by atoms with Gasteiger partial charge in [-0.1, -0.05) is 5.92 Å². The zero-order valence-corrected chi connectivity index (χ0v) is 19.5. The van der Waals surface area contributed by atoms with Crippen LogP contribution in [0.2, 0.25) is 0 Å². The van der Waals surface area contributed by atoms with Crippen molar-refractivity contribution in [3.05, 3.63) is 56.8 Å². The van der Waals surface area contributed by atoms with Crippen LogP contribution < -0.4 is 11.2 Å². The Hall–Kier alpha value is -3.63. The predicted molar refractivity (Wildman–Crippen MR) is 116 cm³/mol. The van der Waals surface area contributed by atoms with Crippen molar-refractivity contribution in [1.82, 2.24) is 9.13 Å². The summed E-state index contributed by atoms with van der Waals surface area (Å²) in [5.41, 5.74) is -5.86. The first-order chi connectivity index (χ1) is 16.8. The molecule has 0 bridgehead atoms. The van der Waals surface area contributed by atoms with Gasteiger partial charge in [-0.25, -0.2) is 4.79 Å². The molecule has 1 aliphatic rings. The molecule has 3 heterocycles. The van der Waals surface area contributed by atoms with E-state index in [0.717, 1.165) is 12.3 Å². The summed E-state index contributed by atoms with van der Waals surface area (Å²) < 4.78 is 62.6. The summed E-state index contributed by atoms with van der Waals surface area (Å²) in [6.07, 6.45) is -2.11. The number of carbonyl (C=O) groups excluding carboxylic acids is 2. The highest BCUT2D eigenvalue weighted by Crippen LogP contribution is 2.32. The number of hydrogen-bond donors (Lipinski definition) is 0. The molecule has 2 aromatic heterocycles. The number of ether oxygens (including phenoxy) is 3. The van der Waals surface area contributed by atoms with Crippen LogP contribution in [0, 0.1) is 17.8 Å². The molecule has 3 rings (SSSR count). The van der Waals surface area contributed by atoms with Gasteiger partial charge in [-0.15, -0.1) is 6.42 Å². The SMILES string of the molecule is C#CCO[C@H]1C[C@H](n2cc(C(F)(F)F)c(=O)n(C(=O)c3ccco3)c2=O)O[C@@H]1COC(=O)C(C)(C)C. The van der Waals surface area contributed by atoms with Gasteiger partial charge in [0.25, 0.3) is 5.56 Å². The van der Waals surface area contributed by atoms with E-state index < -0.39 is 64.5 Å². The van der Waals surface area contributed by atoms with Crippen molar-refractivity contribution >= 4 is 11.9 Å². The standard InChI is InChI=1S/C23H23F3N2O8/c1-5-8-33-15-10-17(36-16(15)12-35-20(31)22(2,3)4)27-11-13(23(24,25)26)18(29)28(21(27)32)19(30)14-7-6-9-34-14/h1,6-7,9,11,15-17H,8,10,12H2,2-4H3/t15-,16+,17+/m0/s1. The second-order valence-electron chi connectivity index (χ2n) is 8.92. The molecule has 0 N–H and O–H groups in total. The lowest BCUT2D eigenvalue weighted by molar-refractivity contribution is -0.160. The van der Waals surface area contributed by atoms with E-state index in [4.69, 9.17) is 25.1 Å². The van der Waals surface area contributed by atoms with E-state index in [2.05, 4.69) is 5.92 Å². The summed E-state index contributed by atoms with van der Waals surface area (Å²) in [6, 6.07) is 2.36. The number of halogens is 3. The van der Waals surface area contributed by atoms with Crippen molar-refractivity contribution < 1.29 is 41.4 Å². The first-order valence-electron chi connectivity index (χ1n) is 10.7. The van der Waals surface area contributed by atoms with Crippen molar-refractivity contribution in [1.29, 1.82) is 0 Å². The largest absolute Gasteiger partial charge is 0.462 e. The molecule has 1 saturated heterocycles. The van der Waals surface area contributed by atoms with Crippen LogP contribution in [0.15, 0.2) is 38.6 Å². The fourth-order valence-corrected chi connectivity index (χ4v) is 3.39. The quantitative estimate of drug-likeness (QED) is 0.427. The Balaban J connectivity index is 2.03. The lowest BCUT2D eigenvalue weighted by atomic mass is 9.97. The third-order valence-electron chi connectivity index (χ3n) is 5.22.